The molecule has 0 fully saturated rings. The highest BCUT2D eigenvalue weighted by molar-refractivity contribution is 9.10. The third-order valence-corrected chi connectivity index (χ3v) is 3.22. The molecule has 16 heavy (non-hydrogen) atoms. The molecule has 0 aromatic heterocycles. The van der Waals surface area contributed by atoms with Crippen LogP contribution in [0.2, 0.25) is 0 Å². The molecule has 0 atom stereocenters. The van der Waals surface area contributed by atoms with E-state index in [-0.39, 0.29) is 0 Å². The summed E-state index contributed by atoms with van der Waals surface area (Å²) in [6.07, 6.45) is 0. The number of thiocarbonyl (C=S) groups is 1. The Morgan fingerprint density at radius 3 is 2.69 bits per heavy atom. The molecule has 0 unspecified atom stereocenters. The molecule has 88 valence electrons. The zero-order chi connectivity index (χ0) is 12.1. The van der Waals surface area contributed by atoms with Gasteiger partial charge in [-0.05, 0) is 48.8 Å². The lowest BCUT2D eigenvalue weighted by atomic mass is 10.2. The Bertz CT molecular complexity index is 377. The van der Waals surface area contributed by atoms with E-state index in [9.17, 15) is 0 Å². The molecule has 1 rings (SSSR count). The fourth-order valence-electron chi connectivity index (χ4n) is 1.19. The Morgan fingerprint density at radius 1 is 1.44 bits per heavy atom. The average molecular weight is 301 g/mol. The minimum atomic E-state index is 0.589. The Kier molecular flexibility index (Phi) is 5.22. The second-order valence-electron chi connectivity index (χ2n) is 4.19. The van der Waals surface area contributed by atoms with Gasteiger partial charge in [0.15, 0.2) is 5.11 Å². The Labute approximate surface area is 111 Å². The molecule has 0 spiro atoms. The molecule has 0 aliphatic carbocycles. The van der Waals surface area contributed by atoms with Crippen LogP contribution in [-0.2, 0) is 0 Å². The molecular weight excluding hydrogens is 284 g/mol. The van der Waals surface area contributed by atoms with Crippen LogP contribution >= 0.6 is 28.1 Å². The minimum absolute atomic E-state index is 0.589. The van der Waals surface area contributed by atoms with Crippen LogP contribution in [0.1, 0.15) is 19.4 Å². The van der Waals surface area contributed by atoms with Crippen molar-refractivity contribution in [3.8, 4) is 0 Å². The van der Waals surface area contributed by atoms with Gasteiger partial charge in [-0.3, -0.25) is 0 Å². The van der Waals surface area contributed by atoms with E-state index in [1.165, 1.54) is 5.56 Å². The molecule has 0 aliphatic rings. The lowest BCUT2D eigenvalue weighted by Gasteiger charge is -2.12. The van der Waals surface area contributed by atoms with Crippen molar-refractivity contribution in [1.82, 2.24) is 5.32 Å². The highest BCUT2D eigenvalue weighted by Gasteiger charge is 2.00. The quantitative estimate of drug-likeness (QED) is 0.833. The number of hydrogen-bond donors (Lipinski definition) is 2. The number of halogens is 1. The fraction of sp³-hybridized carbons (Fsp3) is 0.417. The zero-order valence-corrected chi connectivity index (χ0v) is 12.2. The summed E-state index contributed by atoms with van der Waals surface area (Å²) in [6.45, 7) is 7.25. The average Bonchev–Trinajstić information content (AvgIpc) is 2.21. The van der Waals surface area contributed by atoms with Crippen LogP contribution in [-0.4, -0.2) is 11.7 Å². The van der Waals surface area contributed by atoms with Crippen molar-refractivity contribution in [2.45, 2.75) is 20.8 Å². The third-order valence-electron chi connectivity index (χ3n) is 2.09. The van der Waals surface area contributed by atoms with Crippen LogP contribution in [0.3, 0.4) is 0 Å². The van der Waals surface area contributed by atoms with Gasteiger partial charge < -0.3 is 10.6 Å². The first-order valence-electron chi connectivity index (χ1n) is 5.30. The van der Waals surface area contributed by atoms with Crippen molar-refractivity contribution in [3.05, 3.63) is 28.2 Å². The van der Waals surface area contributed by atoms with Crippen LogP contribution in [0.5, 0.6) is 0 Å². The number of benzene rings is 1. The molecule has 0 saturated heterocycles. The summed E-state index contributed by atoms with van der Waals surface area (Å²) in [5, 5.41) is 7.01. The van der Waals surface area contributed by atoms with Gasteiger partial charge in [0.25, 0.3) is 0 Å². The van der Waals surface area contributed by atoms with Gasteiger partial charge in [-0.2, -0.15) is 0 Å². The van der Waals surface area contributed by atoms with Gasteiger partial charge in [-0.25, -0.2) is 0 Å². The number of anilines is 1. The first-order chi connectivity index (χ1) is 7.49. The summed E-state index contributed by atoms with van der Waals surface area (Å²) in [6, 6.07) is 6.08. The van der Waals surface area contributed by atoms with E-state index in [2.05, 4.69) is 53.4 Å². The maximum atomic E-state index is 5.20. The van der Waals surface area contributed by atoms with Crippen LogP contribution < -0.4 is 10.6 Å². The fourth-order valence-corrected chi connectivity index (χ4v) is 1.64. The molecule has 0 radical (unpaired) electrons. The maximum absolute atomic E-state index is 5.20. The van der Waals surface area contributed by atoms with Crippen LogP contribution in [0, 0.1) is 12.8 Å². The number of rotatable bonds is 3. The molecule has 0 amide bonds. The maximum Gasteiger partial charge on any atom is 0.170 e. The van der Waals surface area contributed by atoms with Gasteiger partial charge in [0.2, 0.25) is 0 Å². The second kappa shape index (κ2) is 6.21. The molecular formula is C12H17BrN2S. The summed E-state index contributed by atoms with van der Waals surface area (Å²) in [5.41, 5.74) is 2.21. The summed E-state index contributed by atoms with van der Waals surface area (Å²) < 4.78 is 1.11. The van der Waals surface area contributed by atoms with E-state index in [0.717, 1.165) is 16.7 Å². The van der Waals surface area contributed by atoms with E-state index < -0.39 is 0 Å². The predicted octanol–water partition coefficient (Wildman–Crippen LogP) is 3.70. The first-order valence-corrected chi connectivity index (χ1v) is 6.50. The first kappa shape index (κ1) is 13.5. The van der Waals surface area contributed by atoms with E-state index in [1.54, 1.807) is 0 Å². The Hall–Kier alpha value is -0.610. The normalized spacial score (nSPS) is 10.3. The number of nitrogens with one attached hydrogen (secondary N) is 2. The topological polar surface area (TPSA) is 24.1 Å². The lowest BCUT2D eigenvalue weighted by Crippen LogP contribution is -2.31. The molecule has 2 N–H and O–H groups in total. The molecule has 4 heteroatoms. The van der Waals surface area contributed by atoms with Crippen molar-refractivity contribution >= 4 is 38.9 Å². The van der Waals surface area contributed by atoms with E-state index >= 15 is 0 Å². The van der Waals surface area contributed by atoms with Crippen molar-refractivity contribution in [3.63, 3.8) is 0 Å². The Morgan fingerprint density at radius 2 is 2.12 bits per heavy atom. The van der Waals surface area contributed by atoms with E-state index in [4.69, 9.17) is 12.2 Å². The predicted molar refractivity (Wildman–Crippen MR) is 77.9 cm³/mol. The molecule has 1 aromatic rings. The standard InChI is InChI=1S/C12H17BrN2S/c1-8(2)7-14-12(16)15-10-4-5-11(13)9(3)6-10/h4-6,8H,7H2,1-3H3,(H2,14,15,16). The van der Waals surface area contributed by atoms with Crippen molar-refractivity contribution < 1.29 is 0 Å². The van der Waals surface area contributed by atoms with Gasteiger partial charge in [-0.15, -0.1) is 0 Å². The van der Waals surface area contributed by atoms with Crippen LogP contribution in [0.15, 0.2) is 22.7 Å². The Balaban J connectivity index is 2.53. The zero-order valence-electron chi connectivity index (χ0n) is 9.80. The van der Waals surface area contributed by atoms with Crippen LogP contribution in [0.4, 0.5) is 5.69 Å². The van der Waals surface area contributed by atoms with Crippen molar-refractivity contribution in [1.29, 1.82) is 0 Å². The third kappa shape index (κ3) is 4.49. The molecule has 0 heterocycles. The van der Waals surface area contributed by atoms with E-state index in [0.29, 0.717) is 11.0 Å². The molecule has 2 nitrogen and oxygen atoms in total. The van der Waals surface area contributed by atoms with Crippen LogP contribution in [0.25, 0.3) is 0 Å². The molecule has 0 bridgehead atoms. The number of aryl methyl sites for hydroxylation is 1. The summed E-state index contributed by atoms with van der Waals surface area (Å²) in [5.74, 6) is 0.589. The van der Waals surface area contributed by atoms with Gasteiger partial charge in [0, 0.05) is 16.7 Å². The smallest absolute Gasteiger partial charge is 0.170 e. The van der Waals surface area contributed by atoms with Gasteiger partial charge in [0.1, 0.15) is 0 Å². The molecule has 0 saturated carbocycles. The minimum Gasteiger partial charge on any atom is -0.362 e. The highest BCUT2D eigenvalue weighted by Crippen LogP contribution is 2.19. The number of hydrogen-bond acceptors (Lipinski definition) is 1. The largest absolute Gasteiger partial charge is 0.362 e. The molecule has 1 aromatic carbocycles. The molecule has 0 aliphatic heterocycles. The van der Waals surface area contributed by atoms with Crippen molar-refractivity contribution in [2.75, 3.05) is 11.9 Å². The second-order valence-corrected chi connectivity index (χ2v) is 5.46. The van der Waals surface area contributed by atoms with E-state index in [1.807, 2.05) is 12.1 Å². The van der Waals surface area contributed by atoms with Crippen molar-refractivity contribution in [2.24, 2.45) is 5.92 Å². The lowest BCUT2D eigenvalue weighted by molar-refractivity contribution is 0.627. The summed E-state index contributed by atoms with van der Waals surface area (Å²) in [7, 11) is 0. The summed E-state index contributed by atoms with van der Waals surface area (Å²) >= 11 is 8.67. The van der Waals surface area contributed by atoms with Gasteiger partial charge >= 0.3 is 0 Å². The van der Waals surface area contributed by atoms with Gasteiger partial charge in [-0.1, -0.05) is 29.8 Å². The summed E-state index contributed by atoms with van der Waals surface area (Å²) in [4.78, 5) is 0. The SMILES string of the molecule is Cc1cc(NC(=S)NCC(C)C)ccc1Br. The van der Waals surface area contributed by atoms with Gasteiger partial charge in [0.05, 0.1) is 0 Å². The monoisotopic (exact) mass is 300 g/mol. The highest BCUT2D eigenvalue weighted by atomic mass is 79.9.